The highest BCUT2D eigenvalue weighted by Crippen LogP contribution is 2.50. The number of aromatic hydroxyl groups is 1. The number of likely N-dealkylation sites (tertiary alicyclic amines) is 1. The van der Waals surface area contributed by atoms with Gasteiger partial charge in [-0.1, -0.05) is 48.5 Å². The van der Waals surface area contributed by atoms with Crippen molar-refractivity contribution in [2.24, 2.45) is 0 Å². The fourth-order valence-electron chi connectivity index (χ4n) is 5.63. The van der Waals surface area contributed by atoms with Crippen LogP contribution in [-0.4, -0.2) is 43.4 Å². The second-order valence-electron chi connectivity index (χ2n) is 9.19. The Morgan fingerprint density at radius 2 is 1.67 bits per heavy atom. The van der Waals surface area contributed by atoms with Crippen LogP contribution in [0.1, 0.15) is 53.4 Å². The maximum absolute atomic E-state index is 10.4. The molecule has 3 aromatic carbocycles. The van der Waals surface area contributed by atoms with Crippen LogP contribution in [0.4, 0.5) is 0 Å². The second kappa shape index (κ2) is 9.88. The van der Waals surface area contributed by atoms with Gasteiger partial charge < -0.3 is 14.6 Å². The fraction of sp³-hybridized carbons (Fsp3) is 0.379. The first-order chi connectivity index (χ1) is 16.2. The lowest BCUT2D eigenvalue weighted by atomic mass is 9.69. The van der Waals surface area contributed by atoms with Gasteiger partial charge in [0.1, 0.15) is 12.4 Å². The van der Waals surface area contributed by atoms with E-state index in [4.69, 9.17) is 9.47 Å². The first kappa shape index (κ1) is 21.8. The Bertz CT molecular complexity index is 1060. The second-order valence-corrected chi connectivity index (χ2v) is 9.19. The van der Waals surface area contributed by atoms with Gasteiger partial charge in [-0.25, -0.2) is 0 Å². The van der Waals surface area contributed by atoms with E-state index in [1.807, 2.05) is 0 Å². The van der Waals surface area contributed by atoms with Gasteiger partial charge in [-0.05, 0) is 79.6 Å². The lowest BCUT2D eigenvalue weighted by Gasteiger charge is -2.35. The minimum atomic E-state index is 0.198. The molecule has 1 aliphatic carbocycles. The van der Waals surface area contributed by atoms with Gasteiger partial charge in [0.15, 0.2) is 11.5 Å². The Kier molecular flexibility index (Phi) is 6.54. The van der Waals surface area contributed by atoms with Crippen LogP contribution in [0.15, 0.2) is 66.7 Å². The summed E-state index contributed by atoms with van der Waals surface area (Å²) < 4.78 is 11.6. The minimum Gasteiger partial charge on any atom is -0.504 e. The molecule has 1 heterocycles. The maximum Gasteiger partial charge on any atom is 0.163 e. The molecule has 2 atom stereocenters. The molecule has 1 saturated heterocycles. The van der Waals surface area contributed by atoms with Crippen molar-refractivity contribution >= 4 is 0 Å². The number of methoxy groups -OCH3 is 1. The molecule has 1 aliphatic heterocycles. The zero-order valence-corrected chi connectivity index (χ0v) is 19.4. The summed E-state index contributed by atoms with van der Waals surface area (Å²) in [6.45, 7) is 4.12. The molecule has 0 saturated carbocycles. The highest BCUT2D eigenvalue weighted by Gasteiger charge is 2.34. The first-order valence-corrected chi connectivity index (χ1v) is 12.1. The molecule has 2 aliphatic rings. The highest BCUT2D eigenvalue weighted by atomic mass is 16.5. The average molecular weight is 444 g/mol. The lowest BCUT2D eigenvalue weighted by molar-refractivity contribution is 0.237. The molecule has 0 aromatic heterocycles. The molecule has 3 aromatic rings. The smallest absolute Gasteiger partial charge is 0.163 e. The number of nitrogens with zero attached hydrogens (tertiary/aromatic N) is 1. The van der Waals surface area contributed by atoms with Crippen molar-refractivity contribution in [3.05, 3.63) is 89.0 Å². The maximum atomic E-state index is 10.4. The molecular formula is C29H33NO3. The SMILES string of the molecule is COc1c(O)ccc2c1CCC(c1ccccc1)C2c1ccc(OCCN2CCCC2)cc1. The molecule has 0 radical (unpaired) electrons. The predicted octanol–water partition coefficient (Wildman–Crippen LogP) is 5.74. The van der Waals surface area contributed by atoms with Crippen LogP contribution < -0.4 is 9.47 Å². The minimum absolute atomic E-state index is 0.198. The Balaban J connectivity index is 1.43. The number of rotatable bonds is 7. The van der Waals surface area contributed by atoms with E-state index in [2.05, 4.69) is 65.6 Å². The van der Waals surface area contributed by atoms with Gasteiger partial charge in [0.05, 0.1) is 7.11 Å². The topological polar surface area (TPSA) is 41.9 Å². The van der Waals surface area contributed by atoms with Crippen LogP contribution in [0.5, 0.6) is 17.2 Å². The standard InChI is InChI=1S/C29H33NO3/c1-32-29-26-14-13-24(21-7-3-2-4-8-21)28(25(26)15-16-27(29)31)22-9-11-23(12-10-22)33-20-19-30-17-5-6-18-30/h2-4,7-12,15-16,24,28,31H,5-6,13-14,17-20H2,1H3. The van der Waals surface area contributed by atoms with Crippen molar-refractivity contribution in [1.29, 1.82) is 0 Å². The Morgan fingerprint density at radius 1 is 0.909 bits per heavy atom. The van der Waals surface area contributed by atoms with E-state index in [0.29, 0.717) is 11.7 Å². The van der Waals surface area contributed by atoms with Crippen LogP contribution in [-0.2, 0) is 6.42 Å². The number of ether oxygens (including phenoxy) is 2. The summed E-state index contributed by atoms with van der Waals surface area (Å²) in [5.74, 6) is 2.33. The third kappa shape index (κ3) is 4.58. The normalized spacial score (nSPS) is 20.4. The van der Waals surface area contributed by atoms with E-state index in [9.17, 15) is 5.11 Å². The number of fused-ring (bicyclic) bond motifs is 1. The van der Waals surface area contributed by atoms with E-state index in [0.717, 1.165) is 37.3 Å². The van der Waals surface area contributed by atoms with Gasteiger partial charge in [0, 0.05) is 18.0 Å². The zero-order valence-electron chi connectivity index (χ0n) is 19.4. The molecule has 4 nitrogen and oxygen atoms in total. The van der Waals surface area contributed by atoms with Crippen molar-refractivity contribution in [2.45, 2.75) is 37.5 Å². The molecule has 33 heavy (non-hydrogen) atoms. The van der Waals surface area contributed by atoms with Gasteiger partial charge in [0.25, 0.3) is 0 Å². The van der Waals surface area contributed by atoms with Crippen LogP contribution in [0.2, 0.25) is 0 Å². The number of hydrogen-bond acceptors (Lipinski definition) is 4. The third-order valence-electron chi connectivity index (χ3n) is 7.26. The predicted molar refractivity (Wildman–Crippen MR) is 132 cm³/mol. The summed E-state index contributed by atoms with van der Waals surface area (Å²) in [6, 6.07) is 23.3. The van der Waals surface area contributed by atoms with E-state index >= 15 is 0 Å². The molecule has 2 unspecified atom stereocenters. The van der Waals surface area contributed by atoms with Crippen LogP contribution in [0, 0.1) is 0 Å². The molecular weight excluding hydrogens is 410 g/mol. The van der Waals surface area contributed by atoms with Crippen molar-refractivity contribution in [3.8, 4) is 17.2 Å². The summed E-state index contributed by atoms with van der Waals surface area (Å²) in [5.41, 5.74) is 4.99. The van der Waals surface area contributed by atoms with Crippen LogP contribution in [0.25, 0.3) is 0 Å². The molecule has 0 amide bonds. The van der Waals surface area contributed by atoms with Crippen molar-refractivity contribution < 1.29 is 14.6 Å². The molecule has 172 valence electrons. The average Bonchev–Trinajstić information content (AvgIpc) is 3.38. The Hall–Kier alpha value is -2.98. The molecule has 1 N–H and O–H groups in total. The van der Waals surface area contributed by atoms with Crippen molar-refractivity contribution in [2.75, 3.05) is 33.4 Å². The van der Waals surface area contributed by atoms with E-state index in [-0.39, 0.29) is 11.7 Å². The monoisotopic (exact) mass is 443 g/mol. The number of phenolic OH excluding ortho intramolecular Hbond substituents is 1. The van der Waals surface area contributed by atoms with Gasteiger partial charge >= 0.3 is 0 Å². The summed E-state index contributed by atoms with van der Waals surface area (Å²) in [7, 11) is 1.64. The largest absolute Gasteiger partial charge is 0.504 e. The molecule has 0 spiro atoms. The molecule has 1 fully saturated rings. The summed E-state index contributed by atoms with van der Waals surface area (Å²) in [5, 5.41) is 10.4. The van der Waals surface area contributed by atoms with Crippen LogP contribution in [0.3, 0.4) is 0 Å². The van der Waals surface area contributed by atoms with Gasteiger partial charge in [-0.15, -0.1) is 0 Å². The molecule has 0 bridgehead atoms. The zero-order chi connectivity index (χ0) is 22.6. The highest BCUT2D eigenvalue weighted by molar-refractivity contribution is 5.56. The van der Waals surface area contributed by atoms with Crippen molar-refractivity contribution in [1.82, 2.24) is 4.90 Å². The van der Waals surface area contributed by atoms with Crippen molar-refractivity contribution in [3.63, 3.8) is 0 Å². The Labute approximate surface area is 196 Å². The number of benzene rings is 3. The quantitative estimate of drug-likeness (QED) is 0.506. The molecule has 4 heteroatoms. The lowest BCUT2D eigenvalue weighted by Crippen LogP contribution is -2.25. The van der Waals surface area contributed by atoms with Gasteiger partial charge in [-0.3, -0.25) is 4.90 Å². The van der Waals surface area contributed by atoms with E-state index in [1.54, 1.807) is 13.2 Å². The third-order valence-corrected chi connectivity index (χ3v) is 7.26. The van der Waals surface area contributed by atoms with Crippen LogP contribution >= 0.6 is 0 Å². The Morgan fingerprint density at radius 3 is 2.39 bits per heavy atom. The number of hydrogen-bond donors (Lipinski definition) is 1. The summed E-state index contributed by atoms with van der Waals surface area (Å²) >= 11 is 0. The van der Waals surface area contributed by atoms with E-state index < -0.39 is 0 Å². The van der Waals surface area contributed by atoms with Gasteiger partial charge in [0.2, 0.25) is 0 Å². The fourth-order valence-corrected chi connectivity index (χ4v) is 5.63. The van der Waals surface area contributed by atoms with E-state index in [1.165, 1.54) is 42.6 Å². The number of phenols is 1. The molecule has 5 rings (SSSR count). The van der Waals surface area contributed by atoms with Gasteiger partial charge in [-0.2, -0.15) is 0 Å². The summed E-state index contributed by atoms with van der Waals surface area (Å²) in [4.78, 5) is 2.47. The summed E-state index contributed by atoms with van der Waals surface area (Å²) in [6.07, 6.45) is 4.52. The first-order valence-electron chi connectivity index (χ1n) is 12.1.